The van der Waals surface area contributed by atoms with Gasteiger partial charge in [0.15, 0.2) is 0 Å². The van der Waals surface area contributed by atoms with Gasteiger partial charge in [0.25, 0.3) is 12.1 Å². The van der Waals surface area contributed by atoms with Gasteiger partial charge in [-0.25, -0.2) is 18.0 Å². The first-order valence-electron chi connectivity index (χ1n) is 7.96. The van der Waals surface area contributed by atoms with Crippen LogP contribution in [-0.2, 0) is 0 Å². The van der Waals surface area contributed by atoms with E-state index in [9.17, 15) is 44.7 Å². The number of anilines is 1. The molecule has 0 saturated heterocycles. The van der Waals surface area contributed by atoms with Gasteiger partial charge >= 0.3 is 18.3 Å². The van der Waals surface area contributed by atoms with Crippen LogP contribution >= 0.6 is 23.2 Å². The van der Waals surface area contributed by atoms with Gasteiger partial charge in [0.05, 0.1) is 15.7 Å². The Morgan fingerprint density at radius 2 is 1.53 bits per heavy atom. The van der Waals surface area contributed by atoms with E-state index < -0.39 is 69.1 Å². The molecule has 0 spiro atoms. The number of amides is 3. The van der Waals surface area contributed by atoms with Crippen LogP contribution in [0, 0.1) is 11.6 Å². The van der Waals surface area contributed by atoms with Crippen molar-refractivity contribution in [2.24, 2.45) is 0 Å². The fourth-order valence-corrected chi connectivity index (χ4v) is 2.53. The highest BCUT2D eigenvalue weighted by molar-refractivity contribution is 6.36. The molecule has 1 atom stereocenters. The second-order valence-electron chi connectivity index (χ2n) is 5.84. The highest BCUT2D eigenvalue weighted by Crippen LogP contribution is 2.41. The van der Waals surface area contributed by atoms with Crippen LogP contribution in [0.3, 0.4) is 0 Å². The molecular weight excluding hydrogens is 509 g/mol. The van der Waals surface area contributed by atoms with Gasteiger partial charge < -0.3 is 10.1 Å². The molecule has 15 heteroatoms. The van der Waals surface area contributed by atoms with Crippen molar-refractivity contribution in [1.29, 1.82) is 0 Å². The summed E-state index contributed by atoms with van der Waals surface area (Å²) in [5, 5.41) is 1.99. The third-order valence-electron chi connectivity index (χ3n) is 3.52. The lowest BCUT2D eigenvalue weighted by Crippen LogP contribution is -2.45. The summed E-state index contributed by atoms with van der Waals surface area (Å²) < 4.78 is 107. The minimum absolute atomic E-state index is 0.439. The topological polar surface area (TPSA) is 67.4 Å². The van der Waals surface area contributed by atoms with E-state index in [0.29, 0.717) is 12.1 Å². The minimum atomic E-state index is -5.94. The molecule has 0 fully saturated rings. The summed E-state index contributed by atoms with van der Waals surface area (Å²) in [6.45, 7) is 0. The van der Waals surface area contributed by atoms with Gasteiger partial charge in [0.1, 0.15) is 22.9 Å². The fourth-order valence-electron chi connectivity index (χ4n) is 2.13. The van der Waals surface area contributed by atoms with Crippen molar-refractivity contribution in [3.8, 4) is 5.75 Å². The Bertz CT molecular complexity index is 1030. The molecule has 2 aromatic carbocycles. The van der Waals surface area contributed by atoms with Crippen molar-refractivity contribution >= 4 is 40.8 Å². The first-order valence-corrected chi connectivity index (χ1v) is 8.72. The van der Waals surface area contributed by atoms with Crippen molar-refractivity contribution < 1.29 is 49.4 Å². The quantitative estimate of drug-likeness (QED) is 0.471. The number of nitrogens with one attached hydrogen (secondary N) is 2. The monoisotopic (exact) mass is 516 g/mol. The fraction of sp³-hybridized carbons (Fsp3) is 0.176. The number of carbonyl (C=O) groups is 2. The third-order valence-corrected chi connectivity index (χ3v) is 4.12. The molecule has 2 N–H and O–H groups in total. The summed E-state index contributed by atoms with van der Waals surface area (Å²) in [4.78, 5) is 23.7. The molecule has 0 radical (unpaired) electrons. The largest absolute Gasteiger partial charge is 0.439 e. The predicted molar refractivity (Wildman–Crippen MR) is 95.8 cm³/mol. The Morgan fingerprint density at radius 3 is 2.06 bits per heavy atom. The van der Waals surface area contributed by atoms with Crippen LogP contribution < -0.4 is 15.4 Å². The normalized spacial score (nSPS) is 12.8. The number of hydrogen-bond donors (Lipinski definition) is 2. The Kier molecular flexibility index (Phi) is 7.45. The summed E-state index contributed by atoms with van der Waals surface area (Å²) >= 11 is 11.3. The van der Waals surface area contributed by atoms with Crippen molar-refractivity contribution in [1.82, 2.24) is 5.32 Å². The standard InChI is InChI=1S/C17H8Cl2F8N2O3/c18-6-5-11(32-17(26,27)14(22)16(23,24)25)7(19)4-10(6)28-15(31)29-13(30)12-8(20)2-1-3-9(12)21/h1-5,14H,(H2,28,29,30,31)/i4+1,5+1,6+1,7+1,10+1,11+1. The summed E-state index contributed by atoms with van der Waals surface area (Å²) in [5.41, 5.74) is -1.55. The number of alkyl halides is 6. The zero-order valence-corrected chi connectivity index (χ0v) is 16.5. The lowest BCUT2D eigenvalue weighted by molar-refractivity contribution is -0.304. The Labute approximate surface area is 183 Å². The maximum absolute atomic E-state index is 13.6. The number of hydrogen-bond acceptors (Lipinski definition) is 3. The molecule has 0 saturated carbocycles. The number of ether oxygens (including phenoxy) is 1. The van der Waals surface area contributed by atoms with Crippen LogP contribution in [0.5, 0.6) is 5.75 Å². The van der Waals surface area contributed by atoms with E-state index in [-0.39, 0.29) is 0 Å². The molecule has 0 aliphatic rings. The summed E-state index contributed by atoms with van der Waals surface area (Å²) in [6, 6.07) is 2.15. The summed E-state index contributed by atoms with van der Waals surface area (Å²) in [7, 11) is 0. The van der Waals surface area contributed by atoms with Gasteiger partial charge in [-0.2, -0.15) is 22.0 Å². The summed E-state index contributed by atoms with van der Waals surface area (Å²) in [6.07, 6.45) is -16.0. The molecule has 0 aromatic heterocycles. The Balaban J connectivity index is 2.16. The lowest BCUT2D eigenvalue weighted by atomic mass is 10.2. The maximum Gasteiger partial charge on any atom is 0.439 e. The molecule has 0 aliphatic carbocycles. The van der Waals surface area contributed by atoms with Crippen LogP contribution in [0.1, 0.15) is 10.4 Å². The second kappa shape index (κ2) is 9.36. The smallest absolute Gasteiger partial charge is 0.428 e. The van der Waals surface area contributed by atoms with E-state index in [0.717, 1.165) is 18.2 Å². The first-order chi connectivity index (χ1) is 14.6. The number of benzene rings is 2. The number of rotatable bonds is 5. The summed E-state index contributed by atoms with van der Waals surface area (Å²) in [5.74, 6) is -5.20. The zero-order valence-electron chi connectivity index (χ0n) is 15.0. The number of carbonyl (C=O) groups excluding carboxylic acids is 2. The number of urea groups is 1. The molecule has 0 bridgehead atoms. The van der Waals surface area contributed by atoms with E-state index >= 15 is 0 Å². The minimum Gasteiger partial charge on any atom is -0.428 e. The maximum atomic E-state index is 13.6. The van der Waals surface area contributed by atoms with Crippen molar-refractivity contribution in [2.75, 3.05) is 5.32 Å². The molecule has 5 nitrogen and oxygen atoms in total. The highest BCUT2D eigenvalue weighted by atomic mass is 35.5. The first kappa shape index (κ1) is 25.5. The van der Waals surface area contributed by atoms with E-state index in [1.54, 1.807) is 5.32 Å². The van der Waals surface area contributed by atoms with Crippen molar-refractivity contribution in [3.63, 3.8) is 0 Å². The van der Waals surface area contributed by atoms with Gasteiger partial charge in [-0.15, -0.1) is 0 Å². The Morgan fingerprint density at radius 1 is 0.969 bits per heavy atom. The number of halogens is 10. The van der Waals surface area contributed by atoms with Crippen molar-refractivity contribution in [2.45, 2.75) is 18.5 Å². The van der Waals surface area contributed by atoms with Gasteiger partial charge in [0.2, 0.25) is 0 Å². The average Bonchev–Trinajstić information content (AvgIpc) is 2.64. The van der Waals surface area contributed by atoms with Gasteiger partial charge in [-0.05, 0) is 18.2 Å². The van der Waals surface area contributed by atoms with Crippen LogP contribution in [0.25, 0.3) is 0 Å². The second-order valence-corrected chi connectivity index (χ2v) is 6.65. The Hall–Kier alpha value is -2.80. The van der Waals surface area contributed by atoms with Gasteiger partial charge in [-0.3, -0.25) is 10.1 Å². The van der Waals surface area contributed by atoms with E-state index in [2.05, 4.69) is 4.74 Å². The molecule has 2 rings (SSSR count). The SMILES string of the molecule is O=C(NC(=O)c1c(F)cccc1F)N[13c]1[13cH][13c](Cl)[13c](OC(F)(F)C(F)C(F)(F)F)[13cH][13c]1Cl. The molecule has 0 heterocycles. The van der Waals surface area contributed by atoms with Crippen molar-refractivity contribution in [3.05, 3.63) is 57.6 Å². The third kappa shape index (κ3) is 5.91. The molecule has 0 aliphatic heterocycles. The molecule has 174 valence electrons. The molecule has 2 aromatic rings. The van der Waals surface area contributed by atoms with Crippen LogP contribution in [0.4, 0.5) is 45.6 Å². The predicted octanol–water partition coefficient (Wildman–Crippen LogP) is 6.11. The number of imide groups is 1. The molecule has 1 unspecified atom stereocenters. The molecule has 32 heavy (non-hydrogen) atoms. The van der Waals surface area contributed by atoms with E-state index in [4.69, 9.17) is 23.2 Å². The van der Waals surface area contributed by atoms with Gasteiger partial charge in [-0.1, -0.05) is 29.3 Å². The lowest BCUT2D eigenvalue weighted by Gasteiger charge is -2.24. The average molecular weight is 517 g/mol. The molecule has 3 amide bonds. The van der Waals surface area contributed by atoms with E-state index in [1.807, 2.05) is 5.32 Å². The van der Waals surface area contributed by atoms with Crippen LogP contribution in [0.2, 0.25) is 10.0 Å². The van der Waals surface area contributed by atoms with Crippen LogP contribution in [0.15, 0.2) is 30.3 Å². The molecular formula is C17H8Cl2F8N2O3. The van der Waals surface area contributed by atoms with Crippen LogP contribution in [-0.4, -0.2) is 30.4 Å². The highest BCUT2D eigenvalue weighted by Gasteiger charge is 2.59. The van der Waals surface area contributed by atoms with Gasteiger partial charge in [0, 0.05) is 6.07 Å². The van der Waals surface area contributed by atoms with E-state index in [1.165, 1.54) is 0 Å². The zero-order chi connectivity index (χ0) is 24.4.